The Morgan fingerprint density at radius 1 is 0.436 bits per heavy atom. The van der Waals surface area contributed by atoms with Crippen LogP contribution in [0.3, 0.4) is 0 Å². The summed E-state index contributed by atoms with van der Waals surface area (Å²) in [5, 5.41) is 0. The van der Waals surface area contributed by atoms with Crippen LogP contribution in [0.5, 0.6) is 0 Å². The maximum atomic E-state index is 4.92. The molecular weight excluding hydrogens is 480 g/mol. The molecule has 0 amide bonds. The number of benzene rings is 4. The molecule has 0 unspecified atom stereocenters. The number of pyridine rings is 1. The van der Waals surface area contributed by atoms with Gasteiger partial charge in [0.05, 0.1) is 11.0 Å². The van der Waals surface area contributed by atoms with Gasteiger partial charge in [-0.05, 0) is 48.5 Å². The van der Waals surface area contributed by atoms with Crippen molar-refractivity contribution >= 4 is 11.0 Å². The third kappa shape index (κ3) is 4.34. The molecule has 0 spiro atoms. The maximum Gasteiger partial charge on any atom is 0.164 e. The number of hydrogen-bond acceptors (Lipinski definition) is 5. The van der Waals surface area contributed by atoms with E-state index in [1.54, 1.807) is 6.20 Å². The number of hydrogen-bond donors (Lipinski definition) is 0. The highest BCUT2D eigenvalue weighted by Crippen LogP contribution is 2.30. The summed E-state index contributed by atoms with van der Waals surface area (Å²) < 4.78 is 2.16. The summed E-state index contributed by atoms with van der Waals surface area (Å²) >= 11 is 0. The van der Waals surface area contributed by atoms with Gasteiger partial charge >= 0.3 is 0 Å². The summed E-state index contributed by atoms with van der Waals surface area (Å²) in [7, 11) is 0. The lowest BCUT2D eigenvalue weighted by molar-refractivity contribution is 1.07. The summed E-state index contributed by atoms with van der Waals surface area (Å²) in [5.41, 5.74) is 6.70. The molecule has 184 valence electrons. The standard InChI is InChI=1S/C33H22N6/c1-3-10-23(11-4-1)30-36-31(24-12-5-2-6-13-24)38-32(37-30)25-17-19-27(20-18-25)39-29-16-8-7-15-28(29)35-33(39)26-14-9-21-34-22-26/h1-22H. The lowest BCUT2D eigenvalue weighted by Gasteiger charge is -2.11. The van der Waals surface area contributed by atoms with Crippen molar-refractivity contribution in [3.63, 3.8) is 0 Å². The van der Waals surface area contributed by atoms with Gasteiger partial charge in [-0.3, -0.25) is 9.55 Å². The Kier molecular flexibility index (Phi) is 5.68. The number of nitrogens with zero attached hydrogens (tertiary/aromatic N) is 6. The van der Waals surface area contributed by atoms with Crippen molar-refractivity contribution in [1.82, 2.24) is 29.5 Å². The van der Waals surface area contributed by atoms with Crippen LogP contribution in [0.1, 0.15) is 0 Å². The van der Waals surface area contributed by atoms with Gasteiger partial charge in [0.2, 0.25) is 0 Å². The van der Waals surface area contributed by atoms with E-state index in [1.807, 2.05) is 97.2 Å². The smallest absolute Gasteiger partial charge is 0.164 e. The van der Waals surface area contributed by atoms with Gasteiger partial charge in [0, 0.05) is 40.3 Å². The highest BCUT2D eigenvalue weighted by atomic mass is 15.1. The van der Waals surface area contributed by atoms with E-state index in [0.717, 1.165) is 44.8 Å². The summed E-state index contributed by atoms with van der Waals surface area (Å²) in [6, 6.07) is 40.4. The molecule has 0 fully saturated rings. The first kappa shape index (κ1) is 22.7. The molecule has 39 heavy (non-hydrogen) atoms. The van der Waals surface area contributed by atoms with Crippen LogP contribution >= 0.6 is 0 Å². The summed E-state index contributed by atoms with van der Waals surface area (Å²) in [6.07, 6.45) is 3.61. The minimum atomic E-state index is 0.622. The molecule has 7 rings (SSSR count). The van der Waals surface area contributed by atoms with E-state index in [4.69, 9.17) is 19.9 Å². The fraction of sp³-hybridized carbons (Fsp3) is 0. The molecule has 4 aromatic carbocycles. The van der Waals surface area contributed by atoms with Gasteiger partial charge in [-0.2, -0.15) is 0 Å². The van der Waals surface area contributed by atoms with Crippen LogP contribution in [0.4, 0.5) is 0 Å². The van der Waals surface area contributed by atoms with Crippen LogP contribution in [0.15, 0.2) is 134 Å². The van der Waals surface area contributed by atoms with Gasteiger partial charge in [-0.15, -0.1) is 0 Å². The lowest BCUT2D eigenvalue weighted by atomic mass is 10.1. The van der Waals surface area contributed by atoms with Crippen molar-refractivity contribution in [2.24, 2.45) is 0 Å². The molecule has 0 aliphatic carbocycles. The number of rotatable bonds is 5. The van der Waals surface area contributed by atoms with E-state index in [-0.39, 0.29) is 0 Å². The number of para-hydroxylation sites is 2. The first-order valence-electron chi connectivity index (χ1n) is 12.7. The molecule has 0 saturated heterocycles. The van der Waals surface area contributed by atoms with E-state index in [0.29, 0.717) is 17.5 Å². The predicted molar refractivity (Wildman–Crippen MR) is 154 cm³/mol. The molecule has 0 aliphatic rings. The molecule has 0 atom stereocenters. The van der Waals surface area contributed by atoms with E-state index >= 15 is 0 Å². The SMILES string of the molecule is c1ccc(-c2nc(-c3ccccc3)nc(-c3ccc(-n4c(-c5cccnc5)nc5ccccc54)cc3)n2)cc1. The Morgan fingerprint density at radius 2 is 0.974 bits per heavy atom. The first-order valence-corrected chi connectivity index (χ1v) is 12.7. The third-order valence-electron chi connectivity index (χ3n) is 6.56. The Bertz CT molecular complexity index is 1820. The zero-order valence-electron chi connectivity index (χ0n) is 20.9. The summed E-state index contributed by atoms with van der Waals surface area (Å²) in [5.74, 6) is 2.75. The fourth-order valence-corrected chi connectivity index (χ4v) is 4.67. The predicted octanol–water partition coefficient (Wildman–Crippen LogP) is 7.27. The fourth-order valence-electron chi connectivity index (χ4n) is 4.67. The van der Waals surface area contributed by atoms with Crippen molar-refractivity contribution in [3.8, 4) is 51.2 Å². The van der Waals surface area contributed by atoms with E-state index < -0.39 is 0 Å². The molecule has 6 nitrogen and oxygen atoms in total. The highest BCUT2D eigenvalue weighted by Gasteiger charge is 2.16. The molecule has 0 bridgehead atoms. The van der Waals surface area contributed by atoms with Gasteiger partial charge in [0.15, 0.2) is 17.5 Å². The highest BCUT2D eigenvalue weighted by molar-refractivity contribution is 5.83. The second-order valence-electron chi connectivity index (χ2n) is 9.09. The molecule has 3 aromatic heterocycles. The zero-order chi connectivity index (χ0) is 26.0. The number of fused-ring (bicyclic) bond motifs is 1. The van der Waals surface area contributed by atoms with Crippen molar-refractivity contribution in [3.05, 3.63) is 134 Å². The van der Waals surface area contributed by atoms with Crippen LogP contribution in [-0.2, 0) is 0 Å². The van der Waals surface area contributed by atoms with Crippen LogP contribution in [-0.4, -0.2) is 29.5 Å². The average Bonchev–Trinajstić information content (AvgIpc) is 3.42. The molecule has 7 aromatic rings. The Morgan fingerprint density at radius 3 is 1.56 bits per heavy atom. The maximum absolute atomic E-state index is 4.92. The average molecular weight is 503 g/mol. The topological polar surface area (TPSA) is 69.4 Å². The van der Waals surface area contributed by atoms with E-state index in [2.05, 4.69) is 39.9 Å². The Balaban J connectivity index is 1.35. The zero-order valence-corrected chi connectivity index (χ0v) is 20.9. The quantitative estimate of drug-likeness (QED) is 0.247. The summed E-state index contributed by atoms with van der Waals surface area (Å²) in [6.45, 7) is 0. The number of aromatic nitrogens is 6. The van der Waals surface area contributed by atoms with Crippen molar-refractivity contribution < 1.29 is 0 Å². The summed E-state index contributed by atoms with van der Waals surface area (Å²) in [4.78, 5) is 23.7. The van der Waals surface area contributed by atoms with Crippen LogP contribution in [0.2, 0.25) is 0 Å². The largest absolute Gasteiger partial charge is 0.292 e. The minimum Gasteiger partial charge on any atom is -0.292 e. The normalized spacial score (nSPS) is 11.1. The lowest BCUT2D eigenvalue weighted by Crippen LogP contribution is -2.01. The molecule has 0 saturated carbocycles. The minimum absolute atomic E-state index is 0.622. The van der Waals surface area contributed by atoms with E-state index in [9.17, 15) is 0 Å². The molecule has 0 radical (unpaired) electrons. The second-order valence-corrected chi connectivity index (χ2v) is 9.09. The van der Waals surface area contributed by atoms with Gasteiger partial charge in [0.1, 0.15) is 5.82 Å². The van der Waals surface area contributed by atoms with Gasteiger partial charge in [-0.1, -0.05) is 72.8 Å². The van der Waals surface area contributed by atoms with E-state index in [1.165, 1.54) is 0 Å². The molecule has 3 heterocycles. The van der Waals surface area contributed by atoms with Gasteiger partial charge in [0.25, 0.3) is 0 Å². The monoisotopic (exact) mass is 502 g/mol. The van der Waals surface area contributed by atoms with Crippen LogP contribution in [0, 0.1) is 0 Å². The second kappa shape index (κ2) is 9.76. The van der Waals surface area contributed by atoms with Crippen LogP contribution < -0.4 is 0 Å². The third-order valence-corrected chi connectivity index (χ3v) is 6.56. The van der Waals surface area contributed by atoms with Crippen molar-refractivity contribution in [2.75, 3.05) is 0 Å². The molecule has 0 aliphatic heterocycles. The van der Waals surface area contributed by atoms with Gasteiger partial charge in [-0.25, -0.2) is 19.9 Å². The Labute approximate surface area is 225 Å². The van der Waals surface area contributed by atoms with Crippen molar-refractivity contribution in [2.45, 2.75) is 0 Å². The van der Waals surface area contributed by atoms with Crippen LogP contribution in [0.25, 0.3) is 62.3 Å². The van der Waals surface area contributed by atoms with Gasteiger partial charge < -0.3 is 0 Å². The Hall–Kier alpha value is -5.49. The number of imidazole rings is 1. The first-order chi connectivity index (χ1) is 19.3. The molecular formula is C33H22N6. The molecule has 0 N–H and O–H groups in total. The molecule has 6 heteroatoms. The van der Waals surface area contributed by atoms with Crippen molar-refractivity contribution in [1.29, 1.82) is 0 Å².